The molecular weight excluding hydrogens is 250 g/mol. The number of carbonyl (C=O) groups excluding carboxylic acids is 1. The van der Waals surface area contributed by atoms with Crippen LogP contribution in [0.3, 0.4) is 0 Å². The topological polar surface area (TPSA) is 66.0 Å². The van der Waals surface area contributed by atoms with Gasteiger partial charge >= 0.3 is 0 Å². The third kappa shape index (κ3) is 4.99. The van der Waals surface area contributed by atoms with Crippen molar-refractivity contribution >= 4 is 12.0 Å². The fraction of sp³-hybridized carbons (Fsp3) is 0.308. The lowest BCUT2D eigenvalue weighted by molar-refractivity contribution is -0.139. The number of methoxy groups -OCH3 is 3. The van der Waals surface area contributed by atoms with Gasteiger partial charge in [0.05, 0.1) is 14.2 Å². The molecule has 1 amide bonds. The summed E-state index contributed by atoms with van der Waals surface area (Å²) in [6.07, 6.45) is 2.93. The summed E-state index contributed by atoms with van der Waals surface area (Å²) in [6.45, 7) is -0.0118. The number of hydrogen-bond donors (Lipinski definition) is 1. The molecule has 0 unspecified atom stereocenters. The highest BCUT2D eigenvalue weighted by atomic mass is 16.8. The maximum absolute atomic E-state index is 11.4. The van der Waals surface area contributed by atoms with E-state index in [4.69, 9.17) is 14.3 Å². The van der Waals surface area contributed by atoms with Crippen LogP contribution in [0.5, 0.6) is 11.5 Å². The van der Waals surface area contributed by atoms with E-state index in [-0.39, 0.29) is 6.79 Å². The Bertz CT molecular complexity index is 445. The van der Waals surface area contributed by atoms with E-state index in [9.17, 15) is 4.79 Å². The Kier molecular flexibility index (Phi) is 6.42. The molecule has 6 nitrogen and oxygen atoms in total. The Morgan fingerprint density at radius 3 is 2.68 bits per heavy atom. The van der Waals surface area contributed by atoms with Crippen LogP contribution in [-0.2, 0) is 14.4 Å². The van der Waals surface area contributed by atoms with Crippen LogP contribution < -0.4 is 15.0 Å². The summed E-state index contributed by atoms with van der Waals surface area (Å²) in [6, 6.07) is 5.30. The predicted molar refractivity (Wildman–Crippen MR) is 69.7 cm³/mol. The second-order valence-corrected chi connectivity index (χ2v) is 3.46. The summed E-state index contributed by atoms with van der Waals surface area (Å²) in [7, 11) is 4.59. The molecule has 0 bridgehead atoms. The van der Waals surface area contributed by atoms with Crippen LogP contribution in [0.2, 0.25) is 0 Å². The summed E-state index contributed by atoms with van der Waals surface area (Å²) >= 11 is 0. The minimum Gasteiger partial charge on any atom is -0.497 e. The van der Waals surface area contributed by atoms with E-state index < -0.39 is 5.91 Å². The van der Waals surface area contributed by atoms with E-state index in [1.165, 1.54) is 13.2 Å². The number of rotatable bonds is 7. The molecule has 0 aliphatic carbocycles. The fourth-order valence-electron chi connectivity index (χ4n) is 1.33. The van der Waals surface area contributed by atoms with Crippen LogP contribution in [0.1, 0.15) is 5.56 Å². The number of carbonyl (C=O) groups is 1. The Hall–Kier alpha value is -2.05. The normalized spacial score (nSPS) is 10.5. The molecule has 0 aromatic heterocycles. The number of nitrogens with one attached hydrogen (secondary N) is 1. The zero-order valence-electron chi connectivity index (χ0n) is 11.1. The molecule has 104 valence electrons. The summed E-state index contributed by atoms with van der Waals surface area (Å²) in [5, 5.41) is 0. The minimum absolute atomic E-state index is 0.0118. The zero-order valence-corrected chi connectivity index (χ0v) is 11.1. The van der Waals surface area contributed by atoms with E-state index in [0.29, 0.717) is 11.5 Å². The lowest BCUT2D eigenvalue weighted by atomic mass is 10.1. The van der Waals surface area contributed by atoms with Gasteiger partial charge in [-0.1, -0.05) is 0 Å². The Labute approximate surface area is 111 Å². The van der Waals surface area contributed by atoms with Gasteiger partial charge in [0.15, 0.2) is 6.79 Å². The lowest BCUT2D eigenvalue weighted by Gasteiger charge is -2.07. The standard InChI is InChI=1S/C13H17NO5/c1-16-9-19-14-13(15)7-4-10-8-11(17-2)5-6-12(10)18-3/h4-8H,9H2,1-3H3,(H,14,15)/b7-4+. The molecule has 19 heavy (non-hydrogen) atoms. The van der Waals surface area contributed by atoms with E-state index >= 15 is 0 Å². The summed E-state index contributed by atoms with van der Waals surface area (Å²) in [4.78, 5) is 16.1. The van der Waals surface area contributed by atoms with Crippen molar-refractivity contribution < 1.29 is 23.8 Å². The van der Waals surface area contributed by atoms with Gasteiger partial charge in [-0.25, -0.2) is 10.3 Å². The van der Waals surface area contributed by atoms with E-state index in [1.807, 2.05) is 0 Å². The molecule has 1 rings (SSSR count). The van der Waals surface area contributed by atoms with Crippen LogP contribution in [-0.4, -0.2) is 34.0 Å². The molecule has 0 saturated heterocycles. The first-order valence-corrected chi connectivity index (χ1v) is 5.52. The smallest absolute Gasteiger partial charge is 0.267 e. The summed E-state index contributed by atoms with van der Waals surface area (Å²) in [5.74, 6) is 0.918. The van der Waals surface area contributed by atoms with Gasteiger partial charge in [-0.3, -0.25) is 4.79 Å². The third-order valence-corrected chi connectivity index (χ3v) is 2.20. The molecule has 1 N–H and O–H groups in total. The summed E-state index contributed by atoms with van der Waals surface area (Å²) in [5.41, 5.74) is 2.92. The van der Waals surface area contributed by atoms with E-state index in [1.54, 1.807) is 38.5 Å². The molecule has 1 aromatic rings. The maximum atomic E-state index is 11.4. The molecule has 6 heteroatoms. The number of hydroxylamine groups is 1. The Morgan fingerprint density at radius 2 is 2.05 bits per heavy atom. The van der Waals surface area contributed by atoms with Gasteiger partial charge in [-0.2, -0.15) is 0 Å². The molecule has 0 fully saturated rings. The van der Waals surface area contributed by atoms with Crippen molar-refractivity contribution in [2.75, 3.05) is 28.1 Å². The molecule has 0 radical (unpaired) electrons. The van der Waals surface area contributed by atoms with Crippen molar-refractivity contribution in [2.24, 2.45) is 0 Å². The van der Waals surface area contributed by atoms with Gasteiger partial charge in [-0.15, -0.1) is 0 Å². The molecular formula is C13H17NO5. The highest BCUT2D eigenvalue weighted by Gasteiger charge is 2.03. The summed E-state index contributed by atoms with van der Waals surface area (Å²) < 4.78 is 14.9. The van der Waals surface area contributed by atoms with Crippen molar-refractivity contribution in [3.05, 3.63) is 29.8 Å². The van der Waals surface area contributed by atoms with Crippen LogP contribution in [0, 0.1) is 0 Å². The van der Waals surface area contributed by atoms with Crippen molar-refractivity contribution in [3.8, 4) is 11.5 Å². The van der Waals surface area contributed by atoms with Crippen LogP contribution in [0.15, 0.2) is 24.3 Å². The highest BCUT2D eigenvalue weighted by molar-refractivity contribution is 5.91. The fourth-order valence-corrected chi connectivity index (χ4v) is 1.33. The van der Waals surface area contributed by atoms with Gasteiger partial charge in [0.2, 0.25) is 0 Å². The molecule has 0 aliphatic rings. The number of hydrogen-bond acceptors (Lipinski definition) is 5. The number of amides is 1. The van der Waals surface area contributed by atoms with E-state index in [0.717, 1.165) is 5.56 Å². The quantitative estimate of drug-likeness (QED) is 0.350. The Morgan fingerprint density at radius 1 is 1.26 bits per heavy atom. The molecule has 0 saturated carbocycles. The first-order chi connectivity index (χ1) is 9.21. The van der Waals surface area contributed by atoms with Crippen molar-refractivity contribution in [2.45, 2.75) is 0 Å². The minimum atomic E-state index is -0.401. The van der Waals surface area contributed by atoms with Gasteiger partial charge in [0.25, 0.3) is 5.91 Å². The molecule has 1 aromatic carbocycles. The maximum Gasteiger partial charge on any atom is 0.267 e. The van der Waals surface area contributed by atoms with Crippen molar-refractivity contribution in [3.63, 3.8) is 0 Å². The average Bonchev–Trinajstić information content (AvgIpc) is 2.45. The first-order valence-electron chi connectivity index (χ1n) is 5.52. The first kappa shape index (κ1) is 15.0. The monoisotopic (exact) mass is 267 g/mol. The molecule has 0 heterocycles. The number of benzene rings is 1. The zero-order chi connectivity index (χ0) is 14.1. The van der Waals surface area contributed by atoms with E-state index in [2.05, 4.69) is 10.2 Å². The largest absolute Gasteiger partial charge is 0.497 e. The second kappa shape index (κ2) is 8.12. The van der Waals surface area contributed by atoms with Gasteiger partial charge in [0.1, 0.15) is 11.5 Å². The third-order valence-electron chi connectivity index (χ3n) is 2.20. The molecule has 0 aliphatic heterocycles. The highest BCUT2D eigenvalue weighted by Crippen LogP contribution is 2.24. The van der Waals surface area contributed by atoms with Crippen LogP contribution in [0.4, 0.5) is 0 Å². The van der Waals surface area contributed by atoms with Crippen LogP contribution >= 0.6 is 0 Å². The average molecular weight is 267 g/mol. The second-order valence-electron chi connectivity index (χ2n) is 3.46. The van der Waals surface area contributed by atoms with Crippen molar-refractivity contribution in [1.82, 2.24) is 5.48 Å². The Balaban J connectivity index is 2.71. The number of ether oxygens (including phenoxy) is 3. The predicted octanol–water partition coefficient (Wildman–Crippen LogP) is 1.37. The van der Waals surface area contributed by atoms with Gasteiger partial charge < -0.3 is 14.2 Å². The van der Waals surface area contributed by atoms with Gasteiger partial charge in [-0.05, 0) is 24.3 Å². The molecule has 0 spiro atoms. The molecule has 0 atom stereocenters. The van der Waals surface area contributed by atoms with Gasteiger partial charge in [0, 0.05) is 18.7 Å². The lowest BCUT2D eigenvalue weighted by Crippen LogP contribution is -2.22. The SMILES string of the molecule is COCONC(=O)/C=C/c1cc(OC)ccc1OC. The van der Waals surface area contributed by atoms with Crippen LogP contribution in [0.25, 0.3) is 6.08 Å². The van der Waals surface area contributed by atoms with Crippen molar-refractivity contribution in [1.29, 1.82) is 0 Å².